The molecule has 3 heterocycles. The van der Waals surface area contributed by atoms with E-state index >= 15 is 0 Å². The number of benzene rings is 1. The molecule has 1 fully saturated rings. The van der Waals surface area contributed by atoms with Gasteiger partial charge in [0.1, 0.15) is 18.0 Å². The SMILES string of the molecule is CN1CCCC2CCN=C(Nc3cc(-c4ccc(CN)c(Cl)c4)ncn3)C=C2C1. The molecule has 0 aliphatic carbocycles. The zero-order valence-corrected chi connectivity index (χ0v) is 17.5. The van der Waals surface area contributed by atoms with Crippen LogP contribution in [0, 0.1) is 5.92 Å². The molecule has 2 aliphatic rings. The maximum absolute atomic E-state index is 6.31. The van der Waals surface area contributed by atoms with Crippen LogP contribution in [0.2, 0.25) is 5.02 Å². The van der Waals surface area contributed by atoms with Crippen molar-refractivity contribution in [2.45, 2.75) is 25.8 Å². The number of halogens is 1. The molecule has 1 atom stereocenters. The topological polar surface area (TPSA) is 79.4 Å². The molecule has 2 aromatic rings. The first-order valence-corrected chi connectivity index (χ1v) is 10.5. The van der Waals surface area contributed by atoms with Crippen molar-refractivity contribution >= 4 is 23.3 Å². The van der Waals surface area contributed by atoms with E-state index in [9.17, 15) is 0 Å². The summed E-state index contributed by atoms with van der Waals surface area (Å²) in [6, 6.07) is 7.75. The number of hydrogen-bond acceptors (Lipinski definition) is 6. The number of fused-ring (bicyclic) bond motifs is 1. The number of rotatable bonds is 3. The van der Waals surface area contributed by atoms with Gasteiger partial charge in [0.15, 0.2) is 0 Å². The Morgan fingerprint density at radius 2 is 2.14 bits per heavy atom. The lowest BCUT2D eigenvalue weighted by Crippen LogP contribution is -2.22. The van der Waals surface area contributed by atoms with E-state index in [0.29, 0.717) is 17.5 Å². The number of hydrogen-bond donors (Lipinski definition) is 2. The van der Waals surface area contributed by atoms with Crippen LogP contribution in [0.4, 0.5) is 5.82 Å². The number of likely N-dealkylation sites (N-methyl/N-ethyl adjacent to an activating group) is 1. The Balaban J connectivity index is 1.56. The van der Waals surface area contributed by atoms with Gasteiger partial charge in [-0.3, -0.25) is 4.99 Å². The molecule has 6 nitrogen and oxygen atoms in total. The summed E-state index contributed by atoms with van der Waals surface area (Å²) in [6.45, 7) is 3.42. The largest absolute Gasteiger partial charge is 0.326 e. The molecule has 0 radical (unpaired) electrons. The summed E-state index contributed by atoms with van der Waals surface area (Å²) >= 11 is 6.31. The summed E-state index contributed by atoms with van der Waals surface area (Å²) in [7, 11) is 2.19. The van der Waals surface area contributed by atoms with Gasteiger partial charge in [0.25, 0.3) is 0 Å². The van der Waals surface area contributed by atoms with Crippen LogP contribution < -0.4 is 11.1 Å². The first-order valence-electron chi connectivity index (χ1n) is 10.1. The molecule has 3 N–H and O–H groups in total. The second kappa shape index (κ2) is 9.03. The van der Waals surface area contributed by atoms with Gasteiger partial charge in [-0.05, 0) is 62.1 Å². The maximum atomic E-state index is 6.31. The van der Waals surface area contributed by atoms with Crippen molar-refractivity contribution in [1.29, 1.82) is 0 Å². The number of amidine groups is 1. The average Bonchev–Trinajstić information content (AvgIpc) is 3.00. The Kier molecular flexibility index (Phi) is 6.23. The van der Waals surface area contributed by atoms with E-state index in [0.717, 1.165) is 54.5 Å². The van der Waals surface area contributed by atoms with Gasteiger partial charge >= 0.3 is 0 Å². The highest BCUT2D eigenvalue weighted by atomic mass is 35.5. The molecular weight excluding hydrogens is 384 g/mol. The summed E-state index contributed by atoms with van der Waals surface area (Å²) in [5.74, 6) is 2.23. The van der Waals surface area contributed by atoms with E-state index in [-0.39, 0.29) is 0 Å². The van der Waals surface area contributed by atoms with Gasteiger partial charge in [-0.1, -0.05) is 23.7 Å². The Bertz CT molecular complexity index is 939. The van der Waals surface area contributed by atoms with Gasteiger partial charge < -0.3 is 16.0 Å². The number of nitrogens with one attached hydrogen (secondary N) is 1. The molecule has 152 valence electrons. The molecule has 4 rings (SSSR count). The second-order valence-corrected chi connectivity index (χ2v) is 8.18. The average molecular weight is 411 g/mol. The zero-order valence-electron chi connectivity index (χ0n) is 16.7. The molecule has 0 spiro atoms. The third-order valence-corrected chi connectivity index (χ3v) is 5.99. The molecule has 1 unspecified atom stereocenters. The van der Waals surface area contributed by atoms with Crippen LogP contribution in [-0.4, -0.2) is 47.4 Å². The Labute approximate surface area is 176 Å². The van der Waals surface area contributed by atoms with E-state index in [1.807, 2.05) is 24.3 Å². The van der Waals surface area contributed by atoms with Crippen molar-refractivity contribution in [3.63, 3.8) is 0 Å². The maximum Gasteiger partial charge on any atom is 0.135 e. The van der Waals surface area contributed by atoms with Gasteiger partial charge in [0.05, 0.1) is 5.69 Å². The van der Waals surface area contributed by atoms with Crippen molar-refractivity contribution in [2.24, 2.45) is 16.6 Å². The molecule has 1 saturated heterocycles. The molecule has 0 saturated carbocycles. The minimum atomic E-state index is 0.417. The number of aromatic nitrogens is 2. The quantitative estimate of drug-likeness (QED) is 0.805. The molecule has 1 aromatic carbocycles. The third-order valence-electron chi connectivity index (χ3n) is 5.64. The molecule has 2 aliphatic heterocycles. The highest BCUT2D eigenvalue weighted by Crippen LogP contribution is 2.28. The van der Waals surface area contributed by atoms with Crippen LogP contribution in [0.25, 0.3) is 11.3 Å². The van der Waals surface area contributed by atoms with Crippen molar-refractivity contribution in [3.05, 3.63) is 52.8 Å². The molecule has 7 heteroatoms. The normalized spacial score (nSPS) is 20.2. The van der Waals surface area contributed by atoms with Crippen LogP contribution in [0.5, 0.6) is 0 Å². The van der Waals surface area contributed by atoms with Gasteiger partial charge in [-0.2, -0.15) is 0 Å². The van der Waals surface area contributed by atoms with Gasteiger partial charge in [0.2, 0.25) is 0 Å². The van der Waals surface area contributed by atoms with Crippen LogP contribution in [-0.2, 0) is 6.54 Å². The summed E-state index contributed by atoms with van der Waals surface area (Å²) in [6.07, 6.45) is 7.40. The Morgan fingerprint density at radius 3 is 2.97 bits per heavy atom. The smallest absolute Gasteiger partial charge is 0.135 e. The predicted molar refractivity (Wildman–Crippen MR) is 119 cm³/mol. The van der Waals surface area contributed by atoms with Crippen LogP contribution in [0.15, 0.2) is 47.2 Å². The Hall–Kier alpha value is -2.28. The monoisotopic (exact) mass is 410 g/mol. The minimum Gasteiger partial charge on any atom is -0.326 e. The van der Waals surface area contributed by atoms with Crippen molar-refractivity contribution in [3.8, 4) is 11.3 Å². The summed E-state index contributed by atoms with van der Waals surface area (Å²) < 4.78 is 0. The van der Waals surface area contributed by atoms with Crippen LogP contribution in [0.3, 0.4) is 0 Å². The van der Waals surface area contributed by atoms with Crippen molar-refractivity contribution in [2.75, 3.05) is 32.0 Å². The molecule has 0 amide bonds. The highest BCUT2D eigenvalue weighted by molar-refractivity contribution is 6.31. The zero-order chi connectivity index (χ0) is 20.2. The van der Waals surface area contributed by atoms with Crippen LogP contribution in [0.1, 0.15) is 24.8 Å². The summed E-state index contributed by atoms with van der Waals surface area (Å²) in [5, 5.41) is 4.04. The molecule has 1 aromatic heterocycles. The van der Waals surface area contributed by atoms with E-state index < -0.39 is 0 Å². The fourth-order valence-corrected chi connectivity index (χ4v) is 4.29. The van der Waals surface area contributed by atoms with Crippen molar-refractivity contribution in [1.82, 2.24) is 14.9 Å². The van der Waals surface area contributed by atoms with E-state index in [4.69, 9.17) is 22.3 Å². The summed E-state index contributed by atoms with van der Waals surface area (Å²) in [5.41, 5.74) is 9.83. The number of nitrogens with zero attached hydrogens (tertiary/aromatic N) is 4. The van der Waals surface area contributed by atoms with E-state index in [1.54, 1.807) is 6.33 Å². The molecule has 29 heavy (non-hydrogen) atoms. The lowest BCUT2D eigenvalue weighted by molar-refractivity contribution is 0.371. The fraction of sp³-hybridized carbons (Fsp3) is 0.409. The predicted octanol–water partition coefficient (Wildman–Crippen LogP) is 3.74. The lowest BCUT2D eigenvalue weighted by atomic mass is 9.92. The fourth-order valence-electron chi connectivity index (χ4n) is 4.03. The number of aliphatic imine (C=N–C) groups is 1. The lowest BCUT2D eigenvalue weighted by Gasteiger charge is -2.17. The van der Waals surface area contributed by atoms with Gasteiger partial charge in [-0.15, -0.1) is 0 Å². The van der Waals surface area contributed by atoms with E-state index in [2.05, 4.69) is 33.3 Å². The molecule has 0 bridgehead atoms. The summed E-state index contributed by atoms with van der Waals surface area (Å²) in [4.78, 5) is 15.9. The third kappa shape index (κ3) is 4.83. The Morgan fingerprint density at radius 1 is 1.24 bits per heavy atom. The first-order chi connectivity index (χ1) is 14.1. The number of nitrogens with two attached hydrogens (primary N) is 1. The van der Waals surface area contributed by atoms with Crippen LogP contribution >= 0.6 is 11.6 Å². The van der Waals surface area contributed by atoms with Gasteiger partial charge in [0, 0.05) is 36.3 Å². The number of likely N-dealkylation sites (tertiary alicyclic amines) is 1. The minimum absolute atomic E-state index is 0.417. The van der Waals surface area contributed by atoms with Gasteiger partial charge in [-0.25, -0.2) is 9.97 Å². The standard InChI is InChI=1S/C22H27ClN6/c1-29-8-2-3-15-6-7-25-21(10-18(15)13-29)28-22-11-20(26-14-27-22)16-4-5-17(12-24)19(23)9-16/h4-5,9-11,14-15H,2-3,6-8,12-13,24H2,1H3,(H,25,26,27,28). The highest BCUT2D eigenvalue weighted by Gasteiger charge is 2.22. The van der Waals surface area contributed by atoms with Crippen molar-refractivity contribution < 1.29 is 0 Å². The van der Waals surface area contributed by atoms with E-state index in [1.165, 1.54) is 18.4 Å². The molecular formula is C22H27ClN6. The second-order valence-electron chi connectivity index (χ2n) is 7.78. The number of anilines is 1. The first kappa shape index (κ1) is 20.0.